The number of anilines is 3. The van der Waals surface area contributed by atoms with Crippen LogP contribution in [-0.4, -0.2) is 33.7 Å². The number of fused-ring (bicyclic) bond motifs is 1. The molecule has 6 nitrogen and oxygen atoms in total. The number of hydrogen-bond acceptors (Lipinski definition) is 5. The number of halogens is 2. The van der Waals surface area contributed by atoms with Gasteiger partial charge in [-0.2, -0.15) is 9.61 Å². The van der Waals surface area contributed by atoms with Crippen molar-refractivity contribution in [3.05, 3.63) is 48.2 Å². The van der Waals surface area contributed by atoms with Crippen LogP contribution in [0.5, 0.6) is 0 Å². The second kappa shape index (κ2) is 6.29. The van der Waals surface area contributed by atoms with Crippen LogP contribution in [0.3, 0.4) is 0 Å². The van der Waals surface area contributed by atoms with Gasteiger partial charge < -0.3 is 16.0 Å². The smallest absolute Gasteiger partial charge is 0.159 e. The monoisotopic (exact) mass is 344 g/mol. The lowest BCUT2D eigenvalue weighted by Gasteiger charge is -2.32. The average Bonchev–Trinajstić information content (AvgIpc) is 3.06. The number of benzene rings is 1. The van der Waals surface area contributed by atoms with Crippen molar-refractivity contribution in [1.29, 1.82) is 0 Å². The molecule has 4 rings (SSSR count). The molecule has 1 aliphatic rings. The summed E-state index contributed by atoms with van der Waals surface area (Å²) in [6.07, 6.45) is 3.63. The molecule has 3 aromatic rings. The quantitative estimate of drug-likeness (QED) is 0.764. The molecule has 8 heteroatoms. The van der Waals surface area contributed by atoms with Gasteiger partial charge in [-0.3, -0.25) is 0 Å². The summed E-state index contributed by atoms with van der Waals surface area (Å²) in [7, 11) is 0. The zero-order chi connectivity index (χ0) is 17.4. The fourth-order valence-electron chi connectivity index (χ4n) is 3.10. The lowest BCUT2D eigenvalue weighted by Crippen LogP contribution is -2.43. The number of aromatic nitrogens is 3. The second-order valence-electron chi connectivity index (χ2n) is 6.20. The van der Waals surface area contributed by atoms with E-state index in [1.807, 2.05) is 0 Å². The van der Waals surface area contributed by atoms with E-state index in [2.05, 4.69) is 20.3 Å². The van der Waals surface area contributed by atoms with Crippen molar-refractivity contribution >= 4 is 23.0 Å². The van der Waals surface area contributed by atoms with Crippen molar-refractivity contribution in [3.63, 3.8) is 0 Å². The Morgan fingerprint density at radius 1 is 1.20 bits per heavy atom. The number of nitrogens with zero attached hydrogens (tertiary/aromatic N) is 4. The molecule has 3 N–H and O–H groups in total. The van der Waals surface area contributed by atoms with Crippen LogP contribution in [0.2, 0.25) is 0 Å². The molecule has 1 saturated heterocycles. The van der Waals surface area contributed by atoms with Gasteiger partial charge in [-0.1, -0.05) is 0 Å². The Kier molecular flexibility index (Phi) is 3.96. The maximum absolute atomic E-state index is 14.0. The molecule has 0 radical (unpaired) electrons. The molecule has 25 heavy (non-hydrogen) atoms. The Labute approximate surface area is 143 Å². The van der Waals surface area contributed by atoms with Gasteiger partial charge in [0.2, 0.25) is 0 Å². The normalized spacial score (nSPS) is 17.9. The summed E-state index contributed by atoms with van der Waals surface area (Å²) in [5.74, 6) is 0.0199. The first kappa shape index (κ1) is 15.8. The van der Waals surface area contributed by atoms with Crippen LogP contribution < -0.4 is 16.0 Å². The molecule has 0 unspecified atom stereocenters. The fraction of sp³-hybridized carbons (Fsp3) is 0.294. The Balaban J connectivity index is 1.73. The molecule has 0 spiro atoms. The highest BCUT2D eigenvalue weighted by Gasteiger charge is 2.20. The summed E-state index contributed by atoms with van der Waals surface area (Å²) in [5, 5.41) is 7.20. The molecule has 1 fully saturated rings. The maximum Gasteiger partial charge on any atom is 0.159 e. The third kappa shape index (κ3) is 3.12. The van der Waals surface area contributed by atoms with Gasteiger partial charge in [0.05, 0.1) is 11.9 Å². The predicted molar refractivity (Wildman–Crippen MR) is 92.1 cm³/mol. The molecule has 1 aliphatic heterocycles. The lowest BCUT2D eigenvalue weighted by molar-refractivity contribution is 0.503. The van der Waals surface area contributed by atoms with Crippen LogP contribution in [-0.2, 0) is 0 Å². The van der Waals surface area contributed by atoms with E-state index in [1.165, 1.54) is 12.1 Å². The Morgan fingerprint density at radius 3 is 2.88 bits per heavy atom. The van der Waals surface area contributed by atoms with E-state index in [0.29, 0.717) is 11.5 Å². The van der Waals surface area contributed by atoms with Gasteiger partial charge in [0, 0.05) is 37.3 Å². The van der Waals surface area contributed by atoms with Gasteiger partial charge in [0.1, 0.15) is 23.3 Å². The van der Waals surface area contributed by atoms with Gasteiger partial charge in [-0.05, 0) is 25.0 Å². The molecular formula is C17H18F2N6. The maximum atomic E-state index is 14.0. The number of nitrogens with two attached hydrogens (primary N) is 1. The van der Waals surface area contributed by atoms with Crippen LogP contribution >= 0.6 is 0 Å². The minimum Gasteiger partial charge on any atom is -0.355 e. The van der Waals surface area contributed by atoms with Crippen molar-refractivity contribution < 1.29 is 8.78 Å². The summed E-state index contributed by atoms with van der Waals surface area (Å²) in [4.78, 5) is 6.73. The molecule has 0 saturated carbocycles. The first-order chi connectivity index (χ1) is 12.1. The first-order valence-corrected chi connectivity index (χ1v) is 8.17. The first-order valence-electron chi connectivity index (χ1n) is 8.17. The van der Waals surface area contributed by atoms with Crippen LogP contribution in [0.1, 0.15) is 12.8 Å². The topological polar surface area (TPSA) is 71.5 Å². The molecule has 2 aromatic heterocycles. The van der Waals surface area contributed by atoms with Gasteiger partial charge in [0.15, 0.2) is 5.65 Å². The molecule has 3 heterocycles. The van der Waals surface area contributed by atoms with Gasteiger partial charge in [-0.25, -0.2) is 13.8 Å². The van der Waals surface area contributed by atoms with E-state index >= 15 is 0 Å². The van der Waals surface area contributed by atoms with E-state index in [4.69, 9.17) is 5.73 Å². The second-order valence-corrected chi connectivity index (χ2v) is 6.20. The van der Waals surface area contributed by atoms with Crippen LogP contribution in [0.15, 0.2) is 36.5 Å². The fourth-order valence-corrected chi connectivity index (χ4v) is 3.10. The highest BCUT2D eigenvalue weighted by Crippen LogP contribution is 2.26. The van der Waals surface area contributed by atoms with Crippen LogP contribution in [0.4, 0.5) is 26.1 Å². The number of hydrogen-bond donors (Lipinski definition) is 2. The SMILES string of the molecule is N[C@@H]1CCCN(c2cc(Nc3ccc(F)cc3F)n3nccc3n2)C1. The Bertz CT molecular complexity index is 909. The van der Waals surface area contributed by atoms with Gasteiger partial charge in [-0.15, -0.1) is 0 Å². The molecule has 0 aliphatic carbocycles. The van der Waals surface area contributed by atoms with Crippen molar-refractivity contribution in [3.8, 4) is 0 Å². The van der Waals surface area contributed by atoms with E-state index in [9.17, 15) is 8.78 Å². The zero-order valence-electron chi connectivity index (χ0n) is 13.5. The number of piperidine rings is 1. The van der Waals surface area contributed by atoms with E-state index in [0.717, 1.165) is 37.8 Å². The van der Waals surface area contributed by atoms with Crippen molar-refractivity contribution in [2.45, 2.75) is 18.9 Å². The van der Waals surface area contributed by atoms with Crippen LogP contribution in [0, 0.1) is 11.6 Å². The molecule has 130 valence electrons. The summed E-state index contributed by atoms with van der Waals surface area (Å²) in [5.41, 5.74) is 6.88. The summed E-state index contributed by atoms with van der Waals surface area (Å²) >= 11 is 0. The molecule has 0 amide bonds. The lowest BCUT2D eigenvalue weighted by atomic mass is 10.1. The van der Waals surface area contributed by atoms with Gasteiger partial charge >= 0.3 is 0 Å². The molecule has 1 atom stereocenters. The predicted octanol–water partition coefficient (Wildman–Crippen LogP) is 2.68. The van der Waals surface area contributed by atoms with E-state index < -0.39 is 11.6 Å². The minimum atomic E-state index is -0.668. The van der Waals surface area contributed by atoms with Crippen molar-refractivity contribution in [2.24, 2.45) is 5.73 Å². The average molecular weight is 344 g/mol. The summed E-state index contributed by atoms with van der Waals surface area (Å²) in [6, 6.07) is 7.10. The van der Waals surface area contributed by atoms with Gasteiger partial charge in [0.25, 0.3) is 0 Å². The highest BCUT2D eigenvalue weighted by atomic mass is 19.1. The van der Waals surface area contributed by atoms with E-state index in [1.54, 1.807) is 22.8 Å². The van der Waals surface area contributed by atoms with E-state index in [-0.39, 0.29) is 11.7 Å². The summed E-state index contributed by atoms with van der Waals surface area (Å²) < 4.78 is 28.7. The number of rotatable bonds is 3. The third-order valence-electron chi connectivity index (χ3n) is 4.32. The minimum absolute atomic E-state index is 0.114. The Hall–Kier alpha value is -2.74. The molecule has 0 bridgehead atoms. The largest absolute Gasteiger partial charge is 0.355 e. The zero-order valence-corrected chi connectivity index (χ0v) is 13.5. The van der Waals surface area contributed by atoms with Crippen molar-refractivity contribution in [1.82, 2.24) is 14.6 Å². The van der Waals surface area contributed by atoms with Crippen LogP contribution in [0.25, 0.3) is 5.65 Å². The van der Waals surface area contributed by atoms with Crippen molar-refractivity contribution in [2.75, 3.05) is 23.3 Å². The molecule has 1 aromatic carbocycles. The third-order valence-corrected chi connectivity index (χ3v) is 4.32. The highest BCUT2D eigenvalue weighted by molar-refractivity contribution is 5.64. The molecular weight excluding hydrogens is 326 g/mol. The standard InChI is InChI=1S/C17H18F2N6/c18-11-3-4-14(13(19)8-11)22-17-9-16(23-15-5-6-21-25(15)17)24-7-1-2-12(20)10-24/h3-6,8-9,12,22H,1-2,7,10,20H2/t12-/m1/s1. The Morgan fingerprint density at radius 2 is 2.08 bits per heavy atom. The summed E-state index contributed by atoms with van der Waals surface area (Å²) in [6.45, 7) is 1.59. The number of nitrogens with one attached hydrogen (secondary N) is 1.